The molecule has 0 amide bonds. The van der Waals surface area contributed by atoms with Crippen LogP contribution in [0, 0.1) is 22.7 Å². The summed E-state index contributed by atoms with van der Waals surface area (Å²) in [5.74, 6) is 0.778. The third kappa shape index (κ3) is 3.55. The van der Waals surface area contributed by atoms with Crippen LogP contribution in [0.25, 0.3) is 0 Å². The molecule has 0 spiro atoms. The molecule has 2 fully saturated rings. The highest BCUT2D eigenvalue weighted by atomic mass is 16.6. The third-order valence-electron chi connectivity index (χ3n) is 8.33. The van der Waals surface area contributed by atoms with E-state index in [0.29, 0.717) is 30.4 Å². The second kappa shape index (κ2) is 7.55. The van der Waals surface area contributed by atoms with E-state index in [1.165, 1.54) is 43.8 Å². The number of fused-ring (bicyclic) bond motifs is 1. The van der Waals surface area contributed by atoms with Gasteiger partial charge in [0.15, 0.2) is 0 Å². The molecule has 2 aliphatic heterocycles. The molecule has 6 atom stereocenters. The normalized spacial score (nSPS) is 43.0. The van der Waals surface area contributed by atoms with E-state index in [1.54, 1.807) is 0 Å². The molecule has 4 nitrogen and oxygen atoms in total. The van der Waals surface area contributed by atoms with Gasteiger partial charge in [0.1, 0.15) is 0 Å². The molecular weight excluding hydrogens is 364 g/mol. The van der Waals surface area contributed by atoms with Gasteiger partial charge in [-0.3, -0.25) is 0 Å². The zero-order valence-corrected chi connectivity index (χ0v) is 17.9. The Morgan fingerprint density at radius 1 is 1.31 bits per heavy atom. The van der Waals surface area contributed by atoms with E-state index in [4.69, 9.17) is 9.47 Å². The van der Waals surface area contributed by atoms with E-state index in [2.05, 4.69) is 45.6 Å². The van der Waals surface area contributed by atoms with Gasteiger partial charge < -0.3 is 14.6 Å². The lowest BCUT2D eigenvalue weighted by atomic mass is 9.47. The summed E-state index contributed by atoms with van der Waals surface area (Å²) in [4.78, 5) is 11.3. The Hall–Kier alpha value is -1.65. The van der Waals surface area contributed by atoms with Gasteiger partial charge in [-0.2, -0.15) is 0 Å². The molecule has 4 heteroatoms. The third-order valence-corrected chi connectivity index (χ3v) is 8.33. The molecule has 2 heterocycles. The number of esters is 1. The largest absolute Gasteiger partial charge is 0.429 e. The topological polar surface area (TPSA) is 55.8 Å². The van der Waals surface area contributed by atoms with E-state index in [0.717, 1.165) is 5.57 Å². The highest BCUT2D eigenvalue weighted by Gasteiger charge is 2.52. The van der Waals surface area contributed by atoms with Crippen molar-refractivity contribution in [2.45, 2.75) is 71.7 Å². The lowest BCUT2D eigenvalue weighted by Crippen LogP contribution is -2.49. The molecule has 0 aromatic carbocycles. The van der Waals surface area contributed by atoms with Crippen molar-refractivity contribution in [1.29, 1.82) is 0 Å². The SMILES string of the molecule is C=C1CCC[C@@H]2[C@@](C)(/C=C\C3=CC[C@H](C4=CC(=O)OC4O)OC3)[C@@H](C)CC[C@@]12C. The van der Waals surface area contributed by atoms with Crippen molar-refractivity contribution in [3.63, 3.8) is 0 Å². The van der Waals surface area contributed by atoms with Crippen molar-refractivity contribution in [3.05, 3.63) is 47.6 Å². The molecule has 2 aliphatic carbocycles. The standard InChI is InChI=1S/C25H34O4/c1-16-6-5-7-21-24(16,3)12-10-17(2)25(21,4)13-11-18-8-9-20(28-15-18)19-14-22(26)29-23(19)27/h8,11,13-14,17,20-21,23,27H,1,5-7,9-10,12,15H2,2-4H3/b13-11-/t17-,20+,21-,23?,24-,25-/m0/s1. The van der Waals surface area contributed by atoms with Gasteiger partial charge in [0.05, 0.1) is 12.7 Å². The number of carbonyl (C=O) groups excluding carboxylic acids is 1. The van der Waals surface area contributed by atoms with Crippen LogP contribution in [-0.4, -0.2) is 30.1 Å². The molecule has 0 radical (unpaired) electrons. The fraction of sp³-hybridized carbons (Fsp3) is 0.640. The molecule has 1 N–H and O–H groups in total. The van der Waals surface area contributed by atoms with Gasteiger partial charge in [-0.25, -0.2) is 4.79 Å². The van der Waals surface area contributed by atoms with Gasteiger partial charge in [0.25, 0.3) is 0 Å². The summed E-state index contributed by atoms with van der Waals surface area (Å²) in [6, 6.07) is 0. The van der Waals surface area contributed by atoms with Crippen molar-refractivity contribution < 1.29 is 19.4 Å². The predicted molar refractivity (Wildman–Crippen MR) is 113 cm³/mol. The van der Waals surface area contributed by atoms with Crippen molar-refractivity contribution in [2.75, 3.05) is 6.61 Å². The number of cyclic esters (lactones) is 1. The van der Waals surface area contributed by atoms with Crippen molar-refractivity contribution in [3.8, 4) is 0 Å². The van der Waals surface area contributed by atoms with E-state index in [9.17, 15) is 9.90 Å². The van der Waals surface area contributed by atoms with Gasteiger partial charge in [-0.15, -0.1) is 0 Å². The number of ether oxygens (including phenoxy) is 2. The molecule has 29 heavy (non-hydrogen) atoms. The van der Waals surface area contributed by atoms with Gasteiger partial charge in [-0.05, 0) is 66.8 Å². The van der Waals surface area contributed by atoms with Crippen LogP contribution in [0.3, 0.4) is 0 Å². The summed E-state index contributed by atoms with van der Waals surface area (Å²) in [6.07, 6.45) is 13.6. The van der Waals surface area contributed by atoms with Crippen LogP contribution >= 0.6 is 0 Å². The summed E-state index contributed by atoms with van der Waals surface area (Å²) in [7, 11) is 0. The lowest BCUT2D eigenvalue weighted by molar-refractivity contribution is -0.152. The van der Waals surface area contributed by atoms with E-state index in [-0.39, 0.29) is 16.9 Å². The summed E-state index contributed by atoms with van der Waals surface area (Å²) >= 11 is 0. The predicted octanol–water partition coefficient (Wildman–Crippen LogP) is 4.86. The number of carbonyl (C=O) groups is 1. The van der Waals surface area contributed by atoms with Gasteiger partial charge in [0, 0.05) is 11.6 Å². The summed E-state index contributed by atoms with van der Waals surface area (Å²) in [5.41, 5.74) is 3.54. The van der Waals surface area contributed by atoms with Crippen molar-refractivity contribution >= 4 is 5.97 Å². The molecule has 2 saturated carbocycles. The highest BCUT2D eigenvalue weighted by Crippen LogP contribution is 2.61. The first-order valence-electron chi connectivity index (χ1n) is 11.0. The average Bonchev–Trinajstić information content (AvgIpc) is 3.04. The zero-order chi connectivity index (χ0) is 20.8. The lowest BCUT2D eigenvalue weighted by Gasteiger charge is -2.57. The first kappa shape index (κ1) is 20.6. The van der Waals surface area contributed by atoms with Crippen LogP contribution < -0.4 is 0 Å². The van der Waals surface area contributed by atoms with Crippen molar-refractivity contribution in [1.82, 2.24) is 0 Å². The Morgan fingerprint density at radius 2 is 2.10 bits per heavy atom. The monoisotopic (exact) mass is 398 g/mol. The first-order valence-corrected chi connectivity index (χ1v) is 11.0. The van der Waals surface area contributed by atoms with Crippen LogP contribution in [0.4, 0.5) is 0 Å². The van der Waals surface area contributed by atoms with Gasteiger partial charge in [-0.1, -0.05) is 51.2 Å². The minimum atomic E-state index is -1.17. The maximum Gasteiger partial charge on any atom is 0.333 e. The number of aliphatic hydroxyl groups excluding tert-OH is 1. The minimum Gasteiger partial charge on any atom is -0.429 e. The Morgan fingerprint density at radius 3 is 2.76 bits per heavy atom. The molecule has 0 aromatic heterocycles. The number of hydrogen-bond donors (Lipinski definition) is 1. The molecule has 4 rings (SSSR count). The highest BCUT2D eigenvalue weighted by molar-refractivity contribution is 5.85. The van der Waals surface area contributed by atoms with Crippen LogP contribution in [0.1, 0.15) is 59.3 Å². The van der Waals surface area contributed by atoms with Gasteiger partial charge >= 0.3 is 5.97 Å². The second-order valence-corrected chi connectivity index (χ2v) is 9.85. The van der Waals surface area contributed by atoms with E-state index < -0.39 is 12.3 Å². The maximum atomic E-state index is 11.3. The number of aliphatic hydroxyl groups is 1. The smallest absolute Gasteiger partial charge is 0.333 e. The van der Waals surface area contributed by atoms with Crippen LogP contribution in [0.2, 0.25) is 0 Å². The molecule has 1 unspecified atom stereocenters. The van der Waals surface area contributed by atoms with Gasteiger partial charge in [0.2, 0.25) is 6.29 Å². The number of rotatable bonds is 3. The quantitative estimate of drug-likeness (QED) is 0.545. The fourth-order valence-corrected chi connectivity index (χ4v) is 6.06. The minimum absolute atomic E-state index is 0.151. The Labute approximate surface area is 174 Å². The molecule has 0 bridgehead atoms. The zero-order valence-electron chi connectivity index (χ0n) is 17.9. The number of hydrogen-bond acceptors (Lipinski definition) is 4. The Kier molecular flexibility index (Phi) is 5.37. The summed E-state index contributed by atoms with van der Waals surface area (Å²) in [6.45, 7) is 12.2. The molecule has 0 saturated heterocycles. The average molecular weight is 399 g/mol. The van der Waals surface area contributed by atoms with E-state index in [1.807, 2.05) is 0 Å². The van der Waals surface area contributed by atoms with Crippen LogP contribution in [0.15, 0.2) is 47.6 Å². The Balaban J connectivity index is 1.50. The Bertz CT molecular complexity index is 791. The van der Waals surface area contributed by atoms with Crippen LogP contribution in [-0.2, 0) is 14.3 Å². The fourth-order valence-electron chi connectivity index (χ4n) is 6.06. The molecule has 0 aromatic rings. The maximum absolute atomic E-state index is 11.3. The number of allylic oxidation sites excluding steroid dienone is 2. The molecule has 158 valence electrons. The van der Waals surface area contributed by atoms with E-state index >= 15 is 0 Å². The first-order chi connectivity index (χ1) is 13.7. The van der Waals surface area contributed by atoms with Crippen molar-refractivity contribution in [2.24, 2.45) is 22.7 Å². The second-order valence-electron chi connectivity index (χ2n) is 9.85. The summed E-state index contributed by atoms with van der Waals surface area (Å²) in [5, 5.41) is 9.84. The molecular formula is C25H34O4. The molecule has 4 aliphatic rings. The van der Waals surface area contributed by atoms with Crippen LogP contribution in [0.5, 0.6) is 0 Å². The summed E-state index contributed by atoms with van der Waals surface area (Å²) < 4.78 is 10.7.